The van der Waals surface area contributed by atoms with E-state index in [0.29, 0.717) is 13.0 Å². The predicted octanol–water partition coefficient (Wildman–Crippen LogP) is 1.56. The van der Waals surface area contributed by atoms with Crippen LogP contribution < -0.4 is 0 Å². The molecule has 1 aliphatic heterocycles. The zero-order chi connectivity index (χ0) is 12.9. The van der Waals surface area contributed by atoms with Crippen LogP contribution in [0.5, 0.6) is 0 Å². The summed E-state index contributed by atoms with van der Waals surface area (Å²) in [4.78, 5) is 13.8. The molecule has 0 spiro atoms. The first-order chi connectivity index (χ1) is 7.92. The molecule has 0 saturated carbocycles. The minimum atomic E-state index is -0.407. The topological polar surface area (TPSA) is 49.8 Å². The minimum Gasteiger partial charge on any atom is -0.460 e. The number of hydrogen-bond acceptors (Lipinski definition) is 4. The van der Waals surface area contributed by atoms with Crippen LogP contribution >= 0.6 is 0 Å². The molecule has 17 heavy (non-hydrogen) atoms. The molecule has 1 rings (SSSR count). The number of carbonyl (C=O) groups is 1. The maximum Gasteiger partial charge on any atom is 0.307 e. The van der Waals surface area contributed by atoms with Crippen molar-refractivity contribution in [3.05, 3.63) is 0 Å². The number of likely N-dealkylation sites (tertiary alicyclic amines) is 1. The van der Waals surface area contributed by atoms with E-state index in [4.69, 9.17) is 4.74 Å². The van der Waals surface area contributed by atoms with E-state index in [1.54, 1.807) is 0 Å². The maximum atomic E-state index is 11.6. The van der Waals surface area contributed by atoms with Gasteiger partial charge in [0.15, 0.2) is 0 Å². The summed E-state index contributed by atoms with van der Waals surface area (Å²) in [5.41, 5.74) is -0.407. The van der Waals surface area contributed by atoms with Crippen molar-refractivity contribution in [3.63, 3.8) is 0 Å². The molecule has 1 atom stereocenters. The summed E-state index contributed by atoms with van der Waals surface area (Å²) < 4.78 is 5.27. The average Bonchev–Trinajstić information content (AvgIpc) is 2.24. The fourth-order valence-corrected chi connectivity index (χ4v) is 2.19. The smallest absolute Gasteiger partial charge is 0.307 e. The Balaban J connectivity index is 2.31. The van der Waals surface area contributed by atoms with Gasteiger partial charge in [-0.15, -0.1) is 0 Å². The standard InChI is InChI=1S/C13H25NO3/c1-13(2,3)17-12(16)7-9-14-8-5-4-6-11(14)10-15/h11,15H,4-10H2,1-3H3. The molecule has 0 aromatic rings. The van der Waals surface area contributed by atoms with Crippen molar-refractivity contribution in [1.29, 1.82) is 0 Å². The van der Waals surface area contributed by atoms with Crippen molar-refractivity contribution in [2.75, 3.05) is 19.7 Å². The highest BCUT2D eigenvalue weighted by molar-refractivity contribution is 5.70. The van der Waals surface area contributed by atoms with E-state index >= 15 is 0 Å². The molecule has 0 radical (unpaired) electrons. The number of aliphatic hydroxyl groups excluding tert-OH is 1. The van der Waals surface area contributed by atoms with Gasteiger partial charge >= 0.3 is 5.97 Å². The molecule has 0 aromatic heterocycles. The third-order valence-corrected chi connectivity index (χ3v) is 2.98. The Morgan fingerprint density at radius 1 is 1.41 bits per heavy atom. The molecule has 0 amide bonds. The molecular formula is C13H25NO3. The first-order valence-corrected chi connectivity index (χ1v) is 6.49. The average molecular weight is 243 g/mol. The molecule has 1 aliphatic rings. The van der Waals surface area contributed by atoms with Crippen molar-refractivity contribution < 1.29 is 14.6 Å². The second-order valence-corrected chi connectivity index (χ2v) is 5.70. The van der Waals surface area contributed by atoms with Crippen molar-refractivity contribution in [2.45, 2.75) is 58.1 Å². The number of esters is 1. The number of nitrogens with zero attached hydrogens (tertiary/aromatic N) is 1. The summed E-state index contributed by atoms with van der Waals surface area (Å²) in [5.74, 6) is -0.153. The minimum absolute atomic E-state index is 0.153. The first kappa shape index (κ1) is 14.5. The normalized spacial score (nSPS) is 22.5. The second kappa shape index (κ2) is 6.36. The third-order valence-electron chi connectivity index (χ3n) is 2.98. The Morgan fingerprint density at radius 3 is 2.71 bits per heavy atom. The fraction of sp³-hybridized carbons (Fsp3) is 0.923. The van der Waals surface area contributed by atoms with Gasteiger partial charge < -0.3 is 9.84 Å². The van der Waals surface area contributed by atoms with Crippen molar-refractivity contribution >= 4 is 5.97 Å². The number of piperidine rings is 1. The van der Waals surface area contributed by atoms with Gasteiger partial charge in [0.1, 0.15) is 5.60 Å². The molecule has 1 N–H and O–H groups in total. The van der Waals surface area contributed by atoms with Crippen LogP contribution in [0.15, 0.2) is 0 Å². The van der Waals surface area contributed by atoms with Gasteiger partial charge in [-0.3, -0.25) is 9.69 Å². The second-order valence-electron chi connectivity index (χ2n) is 5.70. The lowest BCUT2D eigenvalue weighted by Crippen LogP contribution is -2.43. The highest BCUT2D eigenvalue weighted by Gasteiger charge is 2.23. The zero-order valence-corrected chi connectivity index (χ0v) is 11.2. The van der Waals surface area contributed by atoms with E-state index in [0.717, 1.165) is 19.4 Å². The fourth-order valence-electron chi connectivity index (χ4n) is 2.19. The molecule has 1 unspecified atom stereocenters. The lowest BCUT2D eigenvalue weighted by molar-refractivity contribution is -0.155. The van der Waals surface area contributed by atoms with E-state index in [1.165, 1.54) is 6.42 Å². The summed E-state index contributed by atoms with van der Waals surface area (Å²) in [6.07, 6.45) is 3.78. The van der Waals surface area contributed by atoms with Crippen LogP contribution in [0.3, 0.4) is 0 Å². The van der Waals surface area contributed by atoms with Crippen LogP contribution in [0.4, 0.5) is 0 Å². The summed E-state index contributed by atoms with van der Waals surface area (Å²) in [6.45, 7) is 7.50. The summed E-state index contributed by atoms with van der Waals surface area (Å²) >= 11 is 0. The molecule has 1 fully saturated rings. The van der Waals surface area contributed by atoms with Gasteiger partial charge in [0, 0.05) is 12.6 Å². The monoisotopic (exact) mass is 243 g/mol. The highest BCUT2D eigenvalue weighted by Crippen LogP contribution is 2.17. The van der Waals surface area contributed by atoms with Crippen molar-refractivity contribution in [1.82, 2.24) is 4.90 Å². The maximum absolute atomic E-state index is 11.6. The number of rotatable bonds is 4. The number of hydrogen-bond donors (Lipinski definition) is 1. The summed E-state index contributed by atoms with van der Waals surface area (Å²) in [6, 6.07) is 0.228. The summed E-state index contributed by atoms with van der Waals surface area (Å²) in [5, 5.41) is 9.26. The van der Waals surface area contributed by atoms with E-state index in [9.17, 15) is 9.90 Å². The molecule has 1 heterocycles. The van der Waals surface area contributed by atoms with Gasteiger partial charge in [-0.05, 0) is 40.2 Å². The van der Waals surface area contributed by atoms with Crippen LogP contribution in [-0.4, -0.2) is 47.3 Å². The van der Waals surface area contributed by atoms with E-state index in [2.05, 4.69) is 4.90 Å². The molecule has 100 valence electrons. The summed E-state index contributed by atoms with van der Waals surface area (Å²) in [7, 11) is 0. The van der Waals surface area contributed by atoms with Crippen LogP contribution in [-0.2, 0) is 9.53 Å². The quantitative estimate of drug-likeness (QED) is 0.761. The van der Waals surface area contributed by atoms with Gasteiger partial charge in [0.25, 0.3) is 0 Å². The van der Waals surface area contributed by atoms with E-state index in [1.807, 2.05) is 20.8 Å². The lowest BCUT2D eigenvalue weighted by Gasteiger charge is -2.34. The lowest BCUT2D eigenvalue weighted by atomic mass is 10.0. The molecule has 4 nitrogen and oxygen atoms in total. The zero-order valence-electron chi connectivity index (χ0n) is 11.2. The number of ether oxygens (including phenoxy) is 1. The SMILES string of the molecule is CC(C)(C)OC(=O)CCN1CCCCC1CO. The first-order valence-electron chi connectivity index (χ1n) is 6.49. The van der Waals surface area contributed by atoms with Crippen molar-refractivity contribution in [2.24, 2.45) is 0 Å². The molecule has 1 saturated heterocycles. The van der Waals surface area contributed by atoms with Crippen LogP contribution in [0.1, 0.15) is 46.5 Å². The Bertz CT molecular complexity index is 248. The van der Waals surface area contributed by atoms with E-state index < -0.39 is 5.60 Å². The van der Waals surface area contributed by atoms with Gasteiger partial charge in [-0.25, -0.2) is 0 Å². The van der Waals surface area contributed by atoms with Gasteiger partial charge in [0.05, 0.1) is 13.0 Å². The molecule has 4 heteroatoms. The number of aliphatic hydroxyl groups is 1. The van der Waals surface area contributed by atoms with Gasteiger partial charge in [-0.1, -0.05) is 6.42 Å². The van der Waals surface area contributed by atoms with Crippen LogP contribution in [0, 0.1) is 0 Å². The Kier molecular flexibility index (Phi) is 5.40. The molecule has 0 aromatic carbocycles. The molecule has 0 aliphatic carbocycles. The van der Waals surface area contributed by atoms with Gasteiger partial charge in [0.2, 0.25) is 0 Å². The third kappa shape index (κ3) is 5.50. The van der Waals surface area contributed by atoms with Gasteiger partial charge in [-0.2, -0.15) is 0 Å². The Hall–Kier alpha value is -0.610. The molecular weight excluding hydrogens is 218 g/mol. The Morgan fingerprint density at radius 2 is 2.12 bits per heavy atom. The van der Waals surface area contributed by atoms with Crippen molar-refractivity contribution in [3.8, 4) is 0 Å². The predicted molar refractivity (Wildman–Crippen MR) is 66.8 cm³/mol. The number of carbonyl (C=O) groups excluding carboxylic acids is 1. The highest BCUT2D eigenvalue weighted by atomic mass is 16.6. The largest absolute Gasteiger partial charge is 0.460 e. The van der Waals surface area contributed by atoms with Crippen LogP contribution in [0.2, 0.25) is 0 Å². The van der Waals surface area contributed by atoms with Crippen LogP contribution in [0.25, 0.3) is 0 Å². The van der Waals surface area contributed by atoms with E-state index in [-0.39, 0.29) is 18.6 Å². The molecule has 0 bridgehead atoms. The Labute approximate surface area is 104 Å².